The van der Waals surface area contributed by atoms with Crippen molar-refractivity contribution >= 4 is 23.9 Å². The normalized spacial score (nSPS) is 42.5. The highest BCUT2D eigenvalue weighted by atomic mass is 16.6. The fourth-order valence-corrected chi connectivity index (χ4v) is 3.24. The van der Waals surface area contributed by atoms with E-state index in [2.05, 4.69) is 16.1 Å². The van der Waals surface area contributed by atoms with Crippen LogP contribution in [0.2, 0.25) is 0 Å². The lowest BCUT2D eigenvalue weighted by atomic mass is 9.62. The smallest absolute Gasteiger partial charge is 0.321 e. The molecule has 1 aliphatic carbocycles. The third-order valence-corrected chi connectivity index (χ3v) is 4.10. The van der Waals surface area contributed by atoms with E-state index in [1.54, 1.807) is 6.92 Å². The molecule has 0 aromatic rings. The summed E-state index contributed by atoms with van der Waals surface area (Å²) in [4.78, 5) is 46.5. The maximum Gasteiger partial charge on any atom is 0.321 e. The maximum atomic E-state index is 11.6. The predicted molar refractivity (Wildman–Crippen MR) is 54.5 cm³/mol. The molecule has 0 spiro atoms. The van der Waals surface area contributed by atoms with Crippen molar-refractivity contribution in [1.29, 1.82) is 0 Å². The zero-order valence-corrected chi connectivity index (χ0v) is 9.54. The Labute approximate surface area is 102 Å². The monoisotopic (exact) mass is 250 g/mol. The van der Waals surface area contributed by atoms with Crippen molar-refractivity contribution in [3.8, 4) is 0 Å². The van der Waals surface area contributed by atoms with Crippen molar-refractivity contribution in [3.05, 3.63) is 12.2 Å². The molecule has 4 unspecified atom stereocenters. The van der Waals surface area contributed by atoms with Gasteiger partial charge in [0.1, 0.15) is 0 Å². The van der Waals surface area contributed by atoms with Crippen molar-refractivity contribution in [2.24, 2.45) is 29.6 Å². The van der Waals surface area contributed by atoms with Crippen molar-refractivity contribution < 1.29 is 28.7 Å². The number of carbonyl (C=O) groups is 4. The van der Waals surface area contributed by atoms with E-state index >= 15 is 0 Å². The summed E-state index contributed by atoms with van der Waals surface area (Å²) < 4.78 is 9.17. The molecule has 3 rings (SSSR count). The molecule has 4 atom stereocenters. The number of fused-ring (bicyclic) bond motifs is 2. The minimum atomic E-state index is -0.827. The standard InChI is InChI=1S/C12H10O6/c1-3-5-7(11(15)17-9(5)13)4(2)8-6(3)10(14)18-12(8)16/h4-8H,1H2,2H3. The molecule has 2 heterocycles. The lowest BCUT2D eigenvalue weighted by Crippen LogP contribution is -2.43. The van der Waals surface area contributed by atoms with Gasteiger partial charge in [0.05, 0.1) is 23.7 Å². The van der Waals surface area contributed by atoms with Crippen LogP contribution in [0.5, 0.6) is 0 Å². The average molecular weight is 250 g/mol. The Morgan fingerprint density at radius 1 is 0.833 bits per heavy atom. The van der Waals surface area contributed by atoms with E-state index < -0.39 is 53.5 Å². The molecule has 6 heteroatoms. The molecule has 0 amide bonds. The molecule has 0 aromatic carbocycles. The second-order valence-corrected chi connectivity index (χ2v) is 4.92. The van der Waals surface area contributed by atoms with Crippen LogP contribution in [0.3, 0.4) is 0 Å². The van der Waals surface area contributed by atoms with Gasteiger partial charge in [0.25, 0.3) is 0 Å². The lowest BCUT2D eigenvalue weighted by Gasteiger charge is -2.34. The largest absolute Gasteiger partial charge is 0.392 e. The summed E-state index contributed by atoms with van der Waals surface area (Å²) in [5, 5.41) is 0. The SMILES string of the molecule is C=C1C2C(=O)OC(=O)C2C(C)C2C(=O)OC(=O)C12. The van der Waals surface area contributed by atoms with Gasteiger partial charge in [-0.15, -0.1) is 0 Å². The third kappa shape index (κ3) is 1.12. The third-order valence-electron chi connectivity index (χ3n) is 4.10. The average Bonchev–Trinajstić information content (AvgIpc) is 2.73. The molecule has 2 aliphatic heterocycles. The Morgan fingerprint density at radius 2 is 1.22 bits per heavy atom. The highest BCUT2D eigenvalue weighted by Crippen LogP contribution is 2.51. The molecule has 18 heavy (non-hydrogen) atoms. The molecule has 0 bridgehead atoms. The molecular formula is C12H10O6. The van der Waals surface area contributed by atoms with Crippen LogP contribution in [0.25, 0.3) is 0 Å². The summed E-state index contributed by atoms with van der Waals surface area (Å²) in [6.45, 7) is 5.35. The first-order chi connectivity index (χ1) is 8.43. The minimum absolute atomic E-state index is 0.259. The summed E-state index contributed by atoms with van der Waals surface area (Å²) in [5.41, 5.74) is 0.259. The van der Waals surface area contributed by atoms with Crippen molar-refractivity contribution in [1.82, 2.24) is 0 Å². The molecular weight excluding hydrogens is 240 g/mol. The van der Waals surface area contributed by atoms with Crippen molar-refractivity contribution in [2.75, 3.05) is 0 Å². The Hall–Kier alpha value is -1.98. The van der Waals surface area contributed by atoms with Crippen molar-refractivity contribution in [3.63, 3.8) is 0 Å². The zero-order chi connectivity index (χ0) is 13.2. The van der Waals surface area contributed by atoms with Gasteiger partial charge in [0, 0.05) is 0 Å². The van der Waals surface area contributed by atoms with Gasteiger partial charge in [-0.05, 0) is 11.5 Å². The van der Waals surface area contributed by atoms with Gasteiger partial charge in [0.15, 0.2) is 0 Å². The van der Waals surface area contributed by atoms with Gasteiger partial charge in [-0.3, -0.25) is 19.2 Å². The molecule has 94 valence electrons. The highest BCUT2D eigenvalue weighted by molar-refractivity contribution is 6.04. The van der Waals surface area contributed by atoms with Gasteiger partial charge in [-0.1, -0.05) is 13.5 Å². The Morgan fingerprint density at radius 3 is 1.61 bits per heavy atom. The van der Waals surface area contributed by atoms with E-state index in [1.807, 2.05) is 0 Å². The number of ether oxygens (including phenoxy) is 2. The fraction of sp³-hybridized carbons (Fsp3) is 0.500. The van der Waals surface area contributed by atoms with Gasteiger partial charge >= 0.3 is 23.9 Å². The van der Waals surface area contributed by atoms with Crippen LogP contribution in [0.1, 0.15) is 6.92 Å². The topological polar surface area (TPSA) is 86.7 Å². The first-order valence-electron chi connectivity index (χ1n) is 5.63. The first kappa shape index (κ1) is 11.1. The second kappa shape index (κ2) is 3.28. The second-order valence-electron chi connectivity index (χ2n) is 4.92. The molecule has 1 saturated carbocycles. The van der Waals surface area contributed by atoms with E-state index in [9.17, 15) is 19.2 Å². The van der Waals surface area contributed by atoms with Gasteiger partial charge in [0.2, 0.25) is 0 Å². The quantitative estimate of drug-likeness (QED) is 0.337. The van der Waals surface area contributed by atoms with E-state index in [4.69, 9.17) is 0 Å². The van der Waals surface area contributed by atoms with Gasteiger partial charge in [-0.2, -0.15) is 0 Å². The molecule has 6 nitrogen and oxygen atoms in total. The summed E-state index contributed by atoms with van der Waals surface area (Å²) in [6.07, 6.45) is 0. The molecule has 0 aromatic heterocycles. The molecule has 3 fully saturated rings. The van der Waals surface area contributed by atoms with Gasteiger partial charge in [-0.25, -0.2) is 0 Å². The summed E-state index contributed by atoms with van der Waals surface area (Å²) in [5.74, 6) is -6.26. The fourth-order valence-electron chi connectivity index (χ4n) is 3.24. The Kier molecular flexibility index (Phi) is 2.03. The van der Waals surface area contributed by atoms with Crippen LogP contribution in [-0.4, -0.2) is 23.9 Å². The van der Waals surface area contributed by atoms with Crippen LogP contribution < -0.4 is 0 Å². The lowest BCUT2D eigenvalue weighted by molar-refractivity contribution is -0.154. The molecule has 0 radical (unpaired) electrons. The Bertz CT molecular complexity index is 475. The summed E-state index contributed by atoms with van der Waals surface area (Å²) >= 11 is 0. The van der Waals surface area contributed by atoms with Crippen LogP contribution >= 0.6 is 0 Å². The van der Waals surface area contributed by atoms with Crippen LogP contribution in [0, 0.1) is 29.6 Å². The number of esters is 4. The zero-order valence-electron chi connectivity index (χ0n) is 9.54. The van der Waals surface area contributed by atoms with E-state index in [0.717, 1.165) is 0 Å². The Balaban J connectivity index is 2.10. The van der Waals surface area contributed by atoms with Gasteiger partial charge < -0.3 is 9.47 Å². The van der Waals surface area contributed by atoms with Crippen LogP contribution in [0.15, 0.2) is 12.2 Å². The number of hydrogen-bond acceptors (Lipinski definition) is 6. The highest BCUT2D eigenvalue weighted by Gasteiger charge is 2.63. The minimum Gasteiger partial charge on any atom is -0.392 e. The molecule has 3 aliphatic rings. The molecule has 0 N–H and O–H groups in total. The van der Waals surface area contributed by atoms with E-state index in [0.29, 0.717) is 0 Å². The maximum absolute atomic E-state index is 11.6. The van der Waals surface area contributed by atoms with Crippen LogP contribution in [0.4, 0.5) is 0 Å². The van der Waals surface area contributed by atoms with E-state index in [1.165, 1.54) is 0 Å². The first-order valence-corrected chi connectivity index (χ1v) is 5.63. The number of cyclic esters (lactones) is 4. The number of rotatable bonds is 0. The molecule has 2 saturated heterocycles. The number of carbonyl (C=O) groups excluding carboxylic acids is 4. The van der Waals surface area contributed by atoms with E-state index in [-0.39, 0.29) is 5.57 Å². The summed E-state index contributed by atoms with van der Waals surface area (Å²) in [7, 11) is 0. The summed E-state index contributed by atoms with van der Waals surface area (Å²) in [6, 6.07) is 0. The number of hydrogen-bond donors (Lipinski definition) is 0. The van der Waals surface area contributed by atoms with Crippen molar-refractivity contribution in [2.45, 2.75) is 6.92 Å². The van der Waals surface area contributed by atoms with Crippen LogP contribution in [-0.2, 0) is 28.7 Å². The predicted octanol–water partition coefficient (Wildman–Crippen LogP) is -0.176.